The number of nitrogens with two attached hydrogens (primary N) is 1. The van der Waals surface area contributed by atoms with Crippen LogP contribution in [0.5, 0.6) is 0 Å². The number of benzene rings is 1. The number of rotatable bonds is 5. The Morgan fingerprint density at radius 2 is 2.12 bits per heavy atom. The van der Waals surface area contributed by atoms with E-state index in [4.69, 9.17) is 10.5 Å². The normalized spacial score (nSPS) is 18.9. The molecule has 1 aromatic carbocycles. The molecule has 1 heterocycles. The molecule has 0 bridgehead atoms. The van der Waals surface area contributed by atoms with Crippen molar-refractivity contribution in [1.29, 1.82) is 0 Å². The molecule has 3 nitrogen and oxygen atoms in total. The molecular weight excluding hydrogens is 212 g/mol. The zero-order valence-electron chi connectivity index (χ0n) is 10.4. The molecule has 2 N–H and O–H groups in total. The van der Waals surface area contributed by atoms with Gasteiger partial charge in [-0.2, -0.15) is 0 Å². The SMILES string of the molecule is Cc1ccc(CC2CN=C(CCCN)O2)cc1. The fourth-order valence-electron chi connectivity index (χ4n) is 1.96. The average molecular weight is 232 g/mol. The van der Waals surface area contributed by atoms with Crippen LogP contribution >= 0.6 is 0 Å². The van der Waals surface area contributed by atoms with Gasteiger partial charge in [0.2, 0.25) is 0 Å². The summed E-state index contributed by atoms with van der Waals surface area (Å²) >= 11 is 0. The minimum Gasteiger partial charge on any atom is -0.475 e. The highest BCUT2D eigenvalue weighted by atomic mass is 16.5. The van der Waals surface area contributed by atoms with E-state index in [1.807, 2.05) is 0 Å². The first-order valence-electron chi connectivity index (χ1n) is 6.23. The van der Waals surface area contributed by atoms with Crippen molar-refractivity contribution >= 4 is 5.90 Å². The lowest BCUT2D eigenvalue weighted by molar-refractivity contribution is 0.218. The number of hydrogen-bond acceptors (Lipinski definition) is 3. The third-order valence-electron chi connectivity index (χ3n) is 2.95. The topological polar surface area (TPSA) is 47.6 Å². The van der Waals surface area contributed by atoms with Gasteiger partial charge in [0.1, 0.15) is 6.10 Å². The Morgan fingerprint density at radius 3 is 2.82 bits per heavy atom. The first kappa shape index (κ1) is 12.1. The zero-order chi connectivity index (χ0) is 12.1. The monoisotopic (exact) mass is 232 g/mol. The van der Waals surface area contributed by atoms with Crippen molar-refractivity contribution in [3.63, 3.8) is 0 Å². The van der Waals surface area contributed by atoms with Crippen LogP contribution in [0.15, 0.2) is 29.3 Å². The summed E-state index contributed by atoms with van der Waals surface area (Å²) in [6.45, 7) is 3.59. The van der Waals surface area contributed by atoms with Crippen molar-refractivity contribution in [2.75, 3.05) is 13.1 Å². The summed E-state index contributed by atoms with van der Waals surface area (Å²) in [5, 5.41) is 0. The number of aliphatic imine (C=N–C) groups is 1. The molecule has 0 amide bonds. The summed E-state index contributed by atoms with van der Waals surface area (Å²) in [6, 6.07) is 8.61. The number of ether oxygens (including phenoxy) is 1. The fraction of sp³-hybridized carbons (Fsp3) is 0.500. The summed E-state index contributed by atoms with van der Waals surface area (Å²) in [5.74, 6) is 0.882. The second kappa shape index (κ2) is 5.82. The Bertz CT molecular complexity index is 384. The van der Waals surface area contributed by atoms with Crippen LogP contribution in [0.4, 0.5) is 0 Å². The molecule has 1 aromatic rings. The molecule has 0 saturated carbocycles. The minimum atomic E-state index is 0.213. The van der Waals surface area contributed by atoms with Gasteiger partial charge < -0.3 is 10.5 Å². The first-order valence-corrected chi connectivity index (χ1v) is 6.23. The second-order valence-electron chi connectivity index (χ2n) is 4.56. The van der Waals surface area contributed by atoms with Gasteiger partial charge in [0.05, 0.1) is 6.54 Å². The second-order valence-corrected chi connectivity index (χ2v) is 4.56. The molecule has 92 valence electrons. The predicted molar refractivity (Wildman–Crippen MR) is 70.3 cm³/mol. The lowest BCUT2D eigenvalue weighted by atomic mass is 10.1. The van der Waals surface area contributed by atoms with Gasteiger partial charge in [-0.1, -0.05) is 29.8 Å². The molecule has 1 aliphatic rings. The van der Waals surface area contributed by atoms with Crippen molar-refractivity contribution in [1.82, 2.24) is 0 Å². The van der Waals surface area contributed by atoms with Gasteiger partial charge in [-0.15, -0.1) is 0 Å². The van der Waals surface area contributed by atoms with Crippen LogP contribution in [0.1, 0.15) is 24.0 Å². The molecule has 1 atom stereocenters. The Balaban J connectivity index is 1.81. The van der Waals surface area contributed by atoms with E-state index < -0.39 is 0 Å². The molecule has 2 rings (SSSR count). The number of hydrogen-bond donors (Lipinski definition) is 1. The lowest BCUT2D eigenvalue weighted by Crippen LogP contribution is -2.16. The Labute approximate surface area is 103 Å². The van der Waals surface area contributed by atoms with E-state index in [1.165, 1.54) is 11.1 Å². The Hall–Kier alpha value is -1.35. The smallest absolute Gasteiger partial charge is 0.183 e. The molecule has 0 aliphatic carbocycles. The zero-order valence-corrected chi connectivity index (χ0v) is 10.4. The third-order valence-corrected chi connectivity index (χ3v) is 2.95. The van der Waals surface area contributed by atoms with Gasteiger partial charge in [0.15, 0.2) is 5.90 Å². The maximum absolute atomic E-state index is 5.79. The van der Waals surface area contributed by atoms with Gasteiger partial charge in [-0.05, 0) is 25.5 Å². The first-order chi connectivity index (χ1) is 8.28. The van der Waals surface area contributed by atoms with E-state index in [0.29, 0.717) is 6.54 Å². The lowest BCUT2D eigenvalue weighted by Gasteiger charge is -2.11. The van der Waals surface area contributed by atoms with Crippen molar-refractivity contribution in [2.24, 2.45) is 10.7 Å². The maximum Gasteiger partial charge on any atom is 0.183 e. The molecule has 0 fully saturated rings. The maximum atomic E-state index is 5.79. The Morgan fingerprint density at radius 1 is 1.35 bits per heavy atom. The van der Waals surface area contributed by atoms with E-state index in [9.17, 15) is 0 Å². The molecule has 3 heteroatoms. The van der Waals surface area contributed by atoms with Crippen LogP contribution in [0.3, 0.4) is 0 Å². The molecule has 0 aromatic heterocycles. The molecule has 0 spiro atoms. The number of aryl methyl sites for hydroxylation is 1. The Kier molecular flexibility index (Phi) is 4.15. The summed E-state index contributed by atoms with van der Waals surface area (Å²) < 4.78 is 5.79. The molecular formula is C14H20N2O. The minimum absolute atomic E-state index is 0.213. The van der Waals surface area contributed by atoms with Gasteiger partial charge in [0, 0.05) is 12.8 Å². The van der Waals surface area contributed by atoms with Crippen molar-refractivity contribution in [3.8, 4) is 0 Å². The van der Waals surface area contributed by atoms with Crippen LogP contribution in [0.2, 0.25) is 0 Å². The predicted octanol–water partition coefficient (Wildman–Crippen LogP) is 2.07. The highest BCUT2D eigenvalue weighted by molar-refractivity contribution is 5.77. The quantitative estimate of drug-likeness (QED) is 0.845. The van der Waals surface area contributed by atoms with Crippen LogP contribution in [-0.2, 0) is 11.2 Å². The van der Waals surface area contributed by atoms with Crippen LogP contribution in [-0.4, -0.2) is 25.1 Å². The standard InChI is InChI=1S/C14H20N2O/c1-11-4-6-12(7-5-11)9-13-10-16-14(17-13)3-2-8-15/h4-7,13H,2-3,8-10,15H2,1H3. The summed E-state index contributed by atoms with van der Waals surface area (Å²) in [4.78, 5) is 4.41. The van der Waals surface area contributed by atoms with Gasteiger partial charge in [0.25, 0.3) is 0 Å². The van der Waals surface area contributed by atoms with Gasteiger partial charge in [-0.25, -0.2) is 0 Å². The third kappa shape index (κ3) is 3.56. The van der Waals surface area contributed by atoms with Crippen LogP contribution < -0.4 is 5.73 Å². The molecule has 17 heavy (non-hydrogen) atoms. The largest absolute Gasteiger partial charge is 0.475 e. The van der Waals surface area contributed by atoms with Gasteiger partial charge in [-0.3, -0.25) is 4.99 Å². The van der Waals surface area contributed by atoms with E-state index in [2.05, 4.69) is 36.2 Å². The van der Waals surface area contributed by atoms with E-state index in [0.717, 1.165) is 31.7 Å². The molecule has 1 aliphatic heterocycles. The number of nitrogens with zero attached hydrogens (tertiary/aromatic N) is 1. The van der Waals surface area contributed by atoms with E-state index in [-0.39, 0.29) is 6.10 Å². The fourth-order valence-corrected chi connectivity index (χ4v) is 1.96. The molecule has 0 radical (unpaired) electrons. The molecule has 0 saturated heterocycles. The van der Waals surface area contributed by atoms with Gasteiger partial charge >= 0.3 is 0 Å². The molecule has 1 unspecified atom stereocenters. The van der Waals surface area contributed by atoms with Crippen molar-refractivity contribution in [2.45, 2.75) is 32.3 Å². The van der Waals surface area contributed by atoms with E-state index in [1.54, 1.807) is 0 Å². The average Bonchev–Trinajstić information content (AvgIpc) is 2.77. The highest BCUT2D eigenvalue weighted by Gasteiger charge is 2.19. The summed E-state index contributed by atoms with van der Waals surface area (Å²) in [7, 11) is 0. The van der Waals surface area contributed by atoms with Crippen molar-refractivity contribution in [3.05, 3.63) is 35.4 Å². The van der Waals surface area contributed by atoms with E-state index >= 15 is 0 Å². The van der Waals surface area contributed by atoms with Crippen LogP contribution in [0, 0.1) is 6.92 Å². The highest BCUT2D eigenvalue weighted by Crippen LogP contribution is 2.14. The summed E-state index contributed by atoms with van der Waals surface area (Å²) in [6.07, 6.45) is 2.98. The summed E-state index contributed by atoms with van der Waals surface area (Å²) in [5.41, 5.74) is 8.08. The van der Waals surface area contributed by atoms with Crippen molar-refractivity contribution < 1.29 is 4.74 Å². The van der Waals surface area contributed by atoms with Crippen LogP contribution in [0.25, 0.3) is 0 Å².